The number of hydrogen-bond donors (Lipinski definition) is 1. The average molecular weight is 245 g/mol. The smallest absolute Gasteiger partial charge is 0.163 e. The Kier molecular flexibility index (Phi) is 4.07. The number of Topliss-reactive ketones (excluding diaryl/α,β-unsaturated/α-hetero) is 1. The van der Waals surface area contributed by atoms with Crippen molar-refractivity contribution in [1.29, 1.82) is 0 Å². The second-order valence-electron chi connectivity index (χ2n) is 3.90. The molecule has 0 aliphatic heterocycles. The second kappa shape index (κ2) is 5.75. The zero-order chi connectivity index (χ0) is 12.1. The minimum Gasteiger partial charge on any atom is -0.326 e. The van der Waals surface area contributed by atoms with Crippen LogP contribution in [0.4, 0.5) is 0 Å². The lowest BCUT2D eigenvalue weighted by molar-refractivity contribution is 0.0983. The Bertz CT molecular complexity index is 473. The lowest BCUT2D eigenvalue weighted by Gasteiger charge is -2.01. The van der Waals surface area contributed by atoms with Crippen molar-refractivity contribution in [2.45, 2.75) is 19.4 Å². The van der Waals surface area contributed by atoms with Gasteiger partial charge in [0.1, 0.15) is 0 Å². The van der Waals surface area contributed by atoms with E-state index in [4.69, 9.17) is 5.73 Å². The molecule has 1 heterocycles. The Morgan fingerprint density at radius 2 is 1.94 bits per heavy atom. The topological polar surface area (TPSA) is 43.1 Å². The van der Waals surface area contributed by atoms with Crippen LogP contribution in [0, 0.1) is 0 Å². The fourth-order valence-electron chi connectivity index (χ4n) is 1.66. The maximum absolute atomic E-state index is 11.9. The minimum atomic E-state index is 0.196. The largest absolute Gasteiger partial charge is 0.326 e. The number of hydrogen-bond acceptors (Lipinski definition) is 3. The number of aryl methyl sites for hydroxylation is 1. The van der Waals surface area contributed by atoms with E-state index in [-0.39, 0.29) is 5.78 Å². The van der Waals surface area contributed by atoms with Crippen molar-refractivity contribution in [1.82, 2.24) is 0 Å². The zero-order valence-electron chi connectivity index (χ0n) is 9.56. The molecule has 0 saturated carbocycles. The molecule has 0 amide bonds. The van der Waals surface area contributed by atoms with Crippen LogP contribution < -0.4 is 5.73 Å². The molecule has 0 radical (unpaired) electrons. The van der Waals surface area contributed by atoms with Gasteiger partial charge in [-0.05, 0) is 23.4 Å². The third-order valence-corrected chi connectivity index (χ3v) is 3.63. The van der Waals surface area contributed by atoms with Gasteiger partial charge in [-0.2, -0.15) is 0 Å². The molecule has 1 aromatic carbocycles. The highest BCUT2D eigenvalue weighted by atomic mass is 32.1. The summed E-state index contributed by atoms with van der Waals surface area (Å²) in [5.74, 6) is 0.196. The zero-order valence-corrected chi connectivity index (χ0v) is 10.4. The molecule has 0 aliphatic carbocycles. The summed E-state index contributed by atoms with van der Waals surface area (Å²) in [5.41, 5.74) is 7.35. The molecular formula is C14H15NOS. The van der Waals surface area contributed by atoms with Crippen LogP contribution in [0.2, 0.25) is 0 Å². The van der Waals surface area contributed by atoms with Crippen molar-refractivity contribution >= 4 is 17.1 Å². The highest BCUT2D eigenvalue weighted by Crippen LogP contribution is 2.13. The highest BCUT2D eigenvalue weighted by Gasteiger charge is 2.06. The van der Waals surface area contributed by atoms with E-state index in [1.165, 1.54) is 4.88 Å². The summed E-state index contributed by atoms with van der Waals surface area (Å²) in [4.78, 5) is 13.2. The van der Waals surface area contributed by atoms with Crippen molar-refractivity contribution in [3.8, 4) is 0 Å². The first-order valence-electron chi connectivity index (χ1n) is 5.64. The lowest BCUT2D eigenvalue weighted by atomic mass is 10.0. The number of rotatable bonds is 5. The fraction of sp³-hybridized carbons (Fsp3) is 0.214. The summed E-state index contributed by atoms with van der Waals surface area (Å²) >= 11 is 1.70. The number of ketones is 1. The molecule has 0 atom stereocenters. The van der Waals surface area contributed by atoms with E-state index in [0.29, 0.717) is 13.0 Å². The Morgan fingerprint density at radius 3 is 2.53 bits per heavy atom. The molecule has 2 aromatic rings. The standard InChI is InChI=1S/C14H15NOS/c15-10-11-3-5-12(6-4-11)14(16)8-7-13-2-1-9-17-13/h1-6,9H,7-8,10,15H2. The first-order valence-corrected chi connectivity index (χ1v) is 6.52. The van der Waals surface area contributed by atoms with E-state index in [1.54, 1.807) is 11.3 Å². The van der Waals surface area contributed by atoms with Gasteiger partial charge in [-0.25, -0.2) is 0 Å². The van der Waals surface area contributed by atoms with Crippen molar-refractivity contribution in [3.05, 3.63) is 57.8 Å². The summed E-state index contributed by atoms with van der Waals surface area (Å²) in [6.07, 6.45) is 1.40. The van der Waals surface area contributed by atoms with Gasteiger partial charge in [0.2, 0.25) is 0 Å². The summed E-state index contributed by atoms with van der Waals surface area (Å²) < 4.78 is 0. The van der Waals surface area contributed by atoms with Crippen LogP contribution in [0.25, 0.3) is 0 Å². The quantitative estimate of drug-likeness (QED) is 0.823. The number of thiophene rings is 1. The van der Waals surface area contributed by atoms with Gasteiger partial charge in [0.05, 0.1) is 0 Å². The third-order valence-electron chi connectivity index (χ3n) is 2.69. The lowest BCUT2D eigenvalue weighted by Crippen LogP contribution is -2.02. The normalized spacial score (nSPS) is 10.4. The molecule has 2 nitrogen and oxygen atoms in total. The Hall–Kier alpha value is -1.45. The van der Waals surface area contributed by atoms with Crippen LogP contribution in [0.15, 0.2) is 41.8 Å². The number of carbonyl (C=O) groups is 1. The van der Waals surface area contributed by atoms with Crippen molar-refractivity contribution in [2.24, 2.45) is 5.73 Å². The maximum Gasteiger partial charge on any atom is 0.163 e. The van der Waals surface area contributed by atoms with Gasteiger partial charge < -0.3 is 5.73 Å². The minimum absolute atomic E-state index is 0.196. The Labute approximate surface area is 105 Å². The molecule has 0 spiro atoms. The van der Waals surface area contributed by atoms with Gasteiger partial charge in [-0.15, -0.1) is 11.3 Å². The monoisotopic (exact) mass is 245 g/mol. The summed E-state index contributed by atoms with van der Waals surface area (Å²) in [7, 11) is 0. The maximum atomic E-state index is 11.9. The Morgan fingerprint density at radius 1 is 1.18 bits per heavy atom. The molecule has 0 fully saturated rings. The molecule has 0 saturated heterocycles. The van der Waals surface area contributed by atoms with E-state index in [0.717, 1.165) is 17.5 Å². The predicted octanol–water partition coefficient (Wildman–Crippen LogP) is 3.02. The third kappa shape index (κ3) is 3.25. The number of nitrogens with two attached hydrogens (primary N) is 1. The van der Waals surface area contributed by atoms with Gasteiger partial charge in [-0.3, -0.25) is 4.79 Å². The van der Waals surface area contributed by atoms with E-state index < -0.39 is 0 Å². The van der Waals surface area contributed by atoms with Gasteiger partial charge in [0, 0.05) is 23.4 Å². The first kappa shape index (κ1) is 12.0. The van der Waals surface area contributed by atoms with Crippen LogP contribution in [-0.2, 0) is 13.0 Å². The molecule has 0 unspecified atom stereocenters. The van der Waals surface area contributed by atoms with E-state index in [1.807, 2.05) is 35.7 Å². The van der Waals surface area contributed by atoms with Crippen LogP contribution in [0.5, 0.6) is 0 Å². The predicted molar refractivity (Wildman–Crippen MR) is 71.3 cm³/mol. The fourth-order valence-corrected chi connectivity index (χ4v) is 2.37. The molecule has 88 valence electrons. The molecule has 17 heavy (non-hydrogen) atoms. The van der Waals surface area contributed by atoms with Crippen LogP contribution in [0.3, 0.4) is 0 Å². The van der Waals surface area contributed by atoms with Crippen LogP contribution >= 0.6 is 11.3 Å². The van der Waals surface area contributed by atoms with Crippen molar-refractivity contribution in [2.75, 3.05) is 0 Å². The van der Waals surface area contributed by atoms with E-state index in [2.05, 4.69) is 6.07 Å². The molecule has 1 aromatic heterocycles. The van der Waals surface area contributed by atoms with E-state index in [9.17, 15) is 4.79 Å². The molecule has 0 bridgehead atoms. The first-order chi connectivity index (χ1) is 8.29. The van der Waals surface area contributed by atoms with Gasteiger partial charge >= 0.3 is 0 Å². The molecule has 2 N–H and O–H groups in total. The SMILES string of the molecule is NCc1ccc(C(=O)CCc2cccs2)cc1. The summed E-state index contributed by atoms with van der Waals surface area (Å²) in [6, 6.07) is 11.6. The van der Waals surface area contributed by atoms with Crippen LogP contribution in [-0.4, -0.2) is 5.78 Å². The van der Waals surface area contributed by atoms with Gasteiger partial charge in [0.15, 0.2) is 5.78 Å². The van der Waals surface area contributed by atoms with E-state index >= 15 is 0 Å². The summed E-state index contributed by atoms with van der Waals surface area (Å²) in [5, 5.41) is 2.04. The molecule has 0 aliphatic rings. The van der Waals surface area contributed by atoms with Crippen LogP contribution in [0.1, 0.15) is 27.2 Å². The molecule has 2 rings (SSSR count). The van der Waals surface area contributed by atoms with Gasteiger partial charge in [0.25, 0.3) is 0 Å². The van der Waals surface area contributed by atoms with Gasteiger partial charge in [-0.1, -0.05) is 30.3 Å². The number of benzene rings is 1. The molecular weight excluding hydrogens is 230 g/mol. The number of carbonyl (C=O) groups excluding carboxylic acids is 1. The Balaban J connectivity index is 1.95. The molecule has 3 heteroatoms. The van der Waals surface area contributed by atoms with Crippen molar-refractivity contribution in [3.63, 3.8) is 0 Å². The average Bonchev–Trinajstić information content (AvgIpc) is 2.89. The highest BCUT2D eigenvalue weighted by molar-refractivity contribution is 7.09. The summed E-state index contributed by atoms with van der Waals surface area (Å²) in [6.45, 7) is 0.518. The second-order valence-corrected chi connectivity index (χ2v) is 4.94. The van der Waals surface area contributed by atoms with Crippen molar-refractivity contribution < 1.29 is 4.79 Å².